The van der Waals surface area contributed by atoms with Crippen LogP contribution in [0.3, 0.4) is 0 Å². The fourth-order valence-corrected chi connectivity index (χ4v) is 5.15. The molecule has 2 heterocycles. The van der Waals surface area contributed by atoms with Crippen LogP contribution >= 0.6 is 11.8 Å². The number of thioether (sulfide) groups is 1. The minimum atomic E-state index is -4.65. The highest BCUT2D eigenvalue weighted by atomic mass is 32.2. The third-order valence-electron chi connectivity index (χ3n) is 4.07. The maximum atomic E-state index is 12.8. The van der Waals surface area contributed by atoms with Crippen LogP contribution in [0.5, 0.6) is 0 Å². The average molecular weight is 394 g/mol. The van der Waals surface area contributed by atoms with Crippen LogP contribution in [-0.4, -0.2) is 53.7 Å². The van der Waals surface area contributed by atoms with Gasteiger partial charge in [0.05, 0.1) is 22.3 Å². The summed E-state index contributed by atoms with van der Waals surface area (Å²) in [6, 6.07) is 2.93. The molecule has 2 amide bonds. The van der Waals surface area contributed by atoms with E-state index in [0.29, 0.717) is 6.07 Å². The number of sulfonamides is 1. The number of alkyl halides is 3. The van der Waals surface area contributed by atoms with Crippen molar-refractivity contribution < 1.29 is 31.2 Å². The normalized spacial score (nSPS) is 22.8. The summed E-state index contributed by atoms with van der Waals surface area (Å²) in [5.74, 6) is -0.353. The third kappa shape index (κ3) is 3.40. The van der Waals surface area contributed by atoms with E-state index in [9.17, 15) is 31.2 Å². The lowest BCUT2D eigenvalue weighted by atomic mass is 10.2. The Kier molecular flexibility index (Phi) is 4.58. The molecule has 1 aromatic rings. The number of benzene rings is 1. The predicted octanol–water partition coefficient (Wildman–Crippen LogP) is 2.16. The van der Waals surface area contributed by atoms with Crippen molar-refractivity contribution >= 4 is 32.9 Å². The fraction of sp³-hybridized carbons (Fsp3) is 0.429. The second kappa shape index (κ2) is 6.29. The van der Waals surface area contributed by atoms with E-state index in [1.807, 2.05) is 0 Å². The van der Waals surface area contributed by atoms with Gasteiger partial charge in [0.1, 0.15) is 0 Å². The maximum Gasteiger partial charge on any atom is 0.416 e. The molecule has 0 N–H and O–H groups in total. The van der Waals surface area contributed by atoms with Crippen molar-refractivity contribution in [3.8, 4) is 0 Å². The van der Waals surface area contributed by atoms with Crippen molar-refractivity contribution in [3.05, 3.63) is 29.8 Å². The first-order chi connectivity index (χ1) is 11.6. The van der Waals surface area contributed by atoms with Crippen molar-refractivity contribution in [2.45, 2.75) is 23.5 Å². The Morgan fingerprint density at radius 3 is 2.52 bits per heavy atom. The number of hydrogen-bond donors (Lipinski definition) is 0. The number of carbonyl (C=O) groups excluding carboxylic acids is 2. The highest BCUT2D eigenvalue weighted by molar-refractivity contribution is 8.14. The van der Waals surface area contributed by atoms with E-state index in [0.717, 1.165) is 39.2 Å². The Bertz CT molecular complexity index is 810. The quantitative estimate of drug-likeness (QED) is 0.786. The van der Waals surface area contributed by atoms with Gasteiger partial charge in [-0.1, -0.05) is 17.8 Å². The zero-order valence-electron chi connectivity index (χ0n) is 12.7. The van der Waals surface area contributed by atoms with Crippen molar-refractivity contribution in [1.82, 2.24) is 9.21 Å². The van der Waals surface area contributed by atoms with E-state index in [2.05, 4.69) is 0 Å². The summed E-state index contributed by atoms with van der Waals surface area (Å²) < 4.78 is 64.6. The lowest BCUT2D eigenvalue weighted by Crippen LogP contribution is -2.41. The van der Waals surface area contributed by atoms with Crippen molar-refractivity contribution in [1.29, 1.82) is 0 Å². The van der Waals surface area contributed by atoms with Gasteiger partial charge in [0.15, 0.2) is 0 Å². The summed E-state index contributed by atoms with van der Waals surface area (Å²) in [6.45, 7) is -0.0818. The van der Waals surface area contributed by atoms with Crippen molar-refractivity contribution in [2.24, 2.45) is 0 Å². The topological polar surface area (TPSA) is 74.8 Å². The molecule has 0 radical (unpaired) electrons. The summed E-state index contributed by atoms with van der Waals surface area (Å²) in [5.41, 5.74) is -1.05. The van der Waals surface area contributed by atoms with Crippen LogP contribution in [0.1, 0.15) is 12.0 Å². The molecule has 1 aromatic carbocycles. The minimum absolute atomic E-state index is 0.0235. The molecule has 1 atom stereocenters. The van der Waals surface area contributed by atoms with Crippen LogP contribution in [0.4, 0.5) is 18.0 Å². The number of rotatable bonds is 3. The molecular weight excluding hydrogens is 381 g/mol. The van der Waals surface area contributed by atoms with Gasteiger partial charge in [-0.3, -0.25) is 14.5 Å². The fourth-order valence-electron chi connectivity index (χ4n) is 2.84. The molecule has 6 nitrogen and oxygen atoms in total. The Hall–Kier alpha value is -1.59. The highest BCUT2D eigenvalue weighted by Crippen LogP contribution is 2.33. The Labute approximate surface area is 146 Å². The van der Waals surface area contributed by atoms with Gasteiger partial charge < -0.3 is 0 Å². The maximum absolute atomic E-state index is 12.8. The van der Waals surface area contributed by atoms with Gasteiger partial charge in [0, 0.05) is 13.1 Å². The molecule has 25 heavy (non-hydrogen) atoms. The molecule has 0 bridgehead atoms. The van der Waals surface area contributed by atoms with Gasteiger partial charge in [-0.05, 0) is 24.6 Å². The van der Waals surface area contributed by atoms with Crippen LogP contribution in [0.15, 0.2) is 29.2 Å². The Morgan fingerprint density at radius 1 is 1.20 bits per heavy atom. The molecule has 0 saturated carbocycles. The SMILES string of the molecule is O=C1CSC(=O)N1C1CCN(S(=O)(=O)c2cccc(C(F)(F)F)c2)C1. The molecule has 136 valence electrons. The van der Waals surface area contributed by atoms with E-state index in [1.54, 1.807) is 0 Å². The average Bonchev–Trinajstić information content (AvgIpc) is 3.14. The molecule has 0 aromatic heterocycles. The Balaban J connectivity index is 1.82. The second-order valence-corrected chi connectivity index (χ2v) is 8.51. The van der Waals surface area contributed by atoms with Gasteiger partial charge in [-0.2, -0.15) is 17.5 Å². The van der Waals surface area contributed by atoms with Crippen molar-refractivity contribution in [3.63, 3.8) is 0 Å². The van der Waals surface area contributed by atoms with Gasteiger partial charge in [0.2, 0.25) is 15.9 Å². The standard InChI is InChI=1S/C14H13F3N2O4S2/c15-14(16,17)9-2-1-3-11(6-9)25(22,23)18-5-4-10(7-18)19-12(20)8-24-13(19)21/h1-3,6,10H,4-5,7-8H2. The summed E-state index contributed by atoms with van der Waals surface area (Å²) >= 11 is 0.855. The lowest BCUT2D eigenvalue weighted by molar-refractivity contribution is -0.137. The molecule has 2 fully saturated rings. The molecule has 2 aliphatic rings. The number of halogens is 3. The summed E-state index contributed by atoms with van der Waals surface area (Å²) in [6.07, 6.45) is -4.39. The van der Waals surface area contributed by atoms with Gasteiger partial charge in [-0.25, -0.2) is 8.42 Å². The molecule has 1 unspecified atom stereocenters. The molecule has 0 aliphatic carbocycles. The van der Waals surface area contributed by atoms with Crippen LogP contribution in [-0.2, 0) is 21.0 Å². The lowest BCUT2D eigenvalue weighted by Gasteiger charge is -2.22. The second-order valence-electron chi connectivity index (χ2n) is 5.65. The van der Waals surface area contributed by atoms with Crippen LogP contribution in [0.2, 0.25) is 0 Å². The first-order valence-corrected chi connectivity index (χ1v) is 9.69. The third-order valence-corrected chi connectivity index (χ3v) is 6.77. The smallest absolute Gasteiger partial charge is 0.273 e. The number of amides is 2. The zero-order chi connectivity index (χ0) is 18.4. The summed E-state index contributed by atoms with van der Waals surface area (Å²) in [7, 11) is -4.14. The van der Waals surface area contributed by atoms with E-state index >= 15 is 0 Å². The summed E-state index contributed by atoms with van der Waals surface area (Å²) in [4.78, 5) is 24.1. The van der Waals surface area contributed by atoms with Crippen LogP contribution < -0.4 is 0 Å². The van der Waals surface area contributed by atoms with Crippen LogP contribution in [0.25, 0.3) is 0 Å². The summed E-state index contributed by atoms with van der Waals surface area (Å²) in [5, 5.41) is -0.423. The molecule has 0 spiro atoms. The van der Waals surface area contributed by atoms with Gasteiger partial charge >= 0.3 is 6.18 Å². The van der Waals surface area contributed by atoms with E-state index in [-0.39, 0.29) is 31.2 Å². The molecule has 2 saturated heterocycles. The monoisotopic (exact) mass is 394 g/mol. The molecule has 3 rings (SSSR count). The number of hydrogen-bond acceptors (Lipinski definition) is 5. The van der Waals surface area contributed by atoms with E-state index < -0.39 is 37.9 Å². The first kappa shape index (κ1) is 18.2. The zero-order valence-corrected chi connectivity index (χ0v) is 14.3. The largest absolute Gasteiger partial charge is 0.416 e. The van der Waals surface area contributed by atoms with Crippen LogP contribution in [0, 0.1) is 0 Å². The Morgan fingerprint density at radius 2 is 1.92 bits per heavy atom. The number of carbonyl (C=O) groups is 2. The van der Waals surface area contributed by atoms with E-state index in [1.165, 1.54) is 0 Å². The van der Waals surface area contributed by atoms with Gasteiger partial charge in [0.25, 0.3) is 5.24 Å². The number of nitrogens with zero attached hydrogens (tertiary/aromatic N) is 2. The molecule has 2 aliphatic heterocycles. The van der Waals surface area contributed by atoms with Gasteiger partial charge in [-0.15, -0.1) is 0 Å². The number of imide groups is 1. The predicted molar refractivity (Wildman–Crippen MR) is 83.3 cm³/mol. The minimum Gasteiger partial charge on any atom is -0.273 e. The molecular formula is C14H13F3N2O4S2. The highest BCUT2D eigenvalue weighted by Gasteiger charge is 2.42. The van der Waals surface area contributed by atoms with E-state index in [4.69, 9.17) is 0 Å². The van der Waals surface area contributed by atoms with Crippen molar-refractivity contribution in [2.75, 3.05) is 18.8 Å². The first-order valence-electron chi connectivity index (χ1n) is 7.27. The molecule has 11 heteroatoms.